The van der Waals surface area contributed by atoms with E-state index >= 15 is 0 Å². The van der Waals surface area contributed by atoms with Crippen LogP contribution in [-0.4, -0.2) is 70.9 Å². The molecule has 1 fully saturated rings. The molecular formula is C23H30ClN3O4S. The van der Waals surface area contributed by atoms with Crippen LogP contribution in [0, 0.1) is 5.41 Å². The molecular weight excluding hydrogens is 450 g/mol. The number of β-amino-alcohol motifs (C(OH)–C–C–N with tert-alkyl or cyclic N) is 1. The molecule has 1 atom stereocenters. The number of benzene rings is 2. The summed E-state index contributed by atoms with van der Waals surface area (Å²) in [4.78, 5) is 2.15. The van der Waals surface area contributed by atoms with Gasteiger partial charge in [0.15, 0.2) is 0 Å². The second kappa shape index (κ2) is 9.67. The molecule has 0 aliphatic carbocycles. The Hall–Kier alpha value is -1.68. The molecule has 3 N–H and O–H groups in total. The van der Waals surface area contributed by atoms with Crippen LogP contribution in [0.25, 0.3) is 11.1 Å². The van der Waals surface area contributed by atoms with Crippen LogP contribution in [0.3, 0.4) is 0 Å². The van der Waals surface area contributed by atoms with E-state index in [1.54, 1.807) is 30.3 Å². The Labute approximate surface area is 194 Å². The normalized spacial score (nSPS) is 24.0. The number of nitrogens with one attached hydrogen (secondary N) is 2. The number of nitrogens with zero attached hydrogens (tertiary/aromatic N) is 1. The van der Waals surface area contributed by atoms with Gasteiger partial charge in [-0.25, -0.2) is 13.1 Å². The smallest absolute Gasteiger partial charge is 0.244 e. The summed E-state index contributed by atoms with van der Waals surface area (Å²) >= 11 is 6.02. The van der Waals surface area contributed by atoms with E-state index in [0.717, 1.165) is 43.6 Å². The fourth-order valence-corrected chi connectivity index (χ4v) is 5.87. The lowest BCUT2D eigenvalue weighted by Gasteiger charge is -2.41. The lowest BCUT2D eigenvalue weighted by molar-refractivity contribution is 0.0447. The number of piperidine rings is 1. The molecule has 0 amide bonds. The third kappa shape index (κ3) is 5.44. The van der Waals surface area contributed by atoms with Gasteiger partial charge in [-0.3, -0.25) is 0 Å². The predicted octanol–water partition coefficient (Wildman–Crippen LogP) is 2.34. The van der Waals surface area contributed by atoms with Crippen molar-refractivity contribution in [3.05, 3.63) is 47.5 Å². The first-order valence-corrected chi connectivity index (χ1v) is 12.7. The zero-order valence-electron chi connectivity index (χ0n) is 18.2. The molecule has 2 aromatic carbocycles. The molecule has 4 rings (SSSR count). The fourth-order valence-electron chi connectivity index (χ4n) is 4.55. The molecule has 1 unspecified atom stereocenters. The number of fused-ring (bicyclic) bond motifs is 1. The van der Waals surface area contributed by atoms with Crippen LogP contribution in [0.1, 0.15) is 12.8 Å². The maximum absolute atomic E-state index is 13.1. The largest absolute Gasteiger partial charge is 0.492 e. The fraction of sp³-hybridized carbons (Fsp3) is 0.478. The zero-order chi connectivity index (χ0) is 22.8. The Balaban J connectivity index is 1.74. The lowest BCUT2D eigenvalue weighted by Crippen LogP contribution is -2.49. The minimum atomic E-state index is -3.85. The van der Waals surface area contributed by atoms with Crippen molar-refractivity contribution in [1.29, 1.82) is 0 Å². The first-order chi connectivity index (χ1) is 15.3. The summed E-state index contributed by atoms with van der Waals surface area (Å²) in [7, 11) is -1.90. The second-order valence-corrected chi connectivity index (χ2v) is 11.1. The maximum Gasteiger partial charge on any atom is 0.244 e. The molecule has 7 nitrogen and oxygen atoms in total. The summed E-state index contributed by atoms with van der Waals surface area (Å²) in [6.07, 6.45) is 1.04. The molecule has 2 heterocycles. The van der Waals surface area contributed by atoms with Crippen LogP contribution in [0.4, 0.5) is 0 Å². The second-order valence-electron chi connectivity index (χ2n) is 8.91. The Bertz CT molecular complexity index is 1040. The molecule has 0 saturated carbocycles. The molecule has 32 heavy (non-hydrogen) atoms. The number of hydrogen-bond donors (Lipinski definition) is 3. The van der Waals surface area contributed by atoms with Gasteiger partial charge in [-0.2, -0.15) is 0 Å². The van der Waals surface area contributed by atoms with Gasteiger partial charge in [-0.15, -0.1) is 0 Å². The Kier molecular flexibility index (Phi) is 7.09. The molecule has 1 spiro atoms. The van der Waals surface area contributed by atoms with E-state index in [-0.39, 0.29) is 16.9 Å². The number of likely N-dealkylation sites (N-methyl/N-ethyl adjacent to an activating group) is 1. The number of hydrogen-bond acceptors (Lipinski definition) is 6. The lowest BCUT2D eigenvalue weighted by atomic mass is 9.79. The summed E-state index contributed by atoms with van der Waals surface area (Å²) < 4.78 is 34.9. The minimum absolute atomic E-state index is 0.0559. The van der Waals surface area contributed by atoms with Crippen molar-refractivity contribution < 1.29 is 18.3 Å². The molecule has 9 heteroatoms. The molecule has 0 radical (unpaired) electrons. The predicted molar refractivity (Wildman–Crippen MR) is 126 cm³/mol. The maximum atomic E-state index is 13.1. The van der Waals surface area contributed by atoms with Gasteiger partial charge in [0.2, 0.25) is 10.0 Å². The number of sulfonamides is 1. The van der Waals surface area contributed by atoms with E-state index in [1.807, 2.05) is 19.2 Å². The average Bonchev–Trinajstić information content (AvgIpc) is 2.77. The SMILES string of the molecule is CN1CC(O)CNS(=O)(=O)c2ccc(-c3ccc(Cl)cc3)cc2OCC2(CCNCC2)C1. The van der Waals surface area contributed by atoms with Crippen LogP contribution < -0.4 is 14.8 Å². The highest BCUT2D eigenvalue weighted by atomic mass is 35.5. The van der Waals surface area contributed by atoms with Crippen LogP contribution >= 0.6 is 11.6 Å². The van der Waals surface area contributed by atoms with E-state index in [0.29, 0.717) is 23.9 Å². The van der Waals surface area contributed by atoms with Crippen molar-refractivity contribution in [2.45, 2.75) is 23.8 Å². The zero-order valence-corrected chi connectivity index (χ0v) is 19.8. The highest BCUT2D eigenvalue weighted by Crippen LogP contribution is 2.35. The van der Waals surface area contributed by atoms with Gasteiger partial charge in [-0.1, -0.05) is 29.8 Å². The van der Waals surface area contributed by atoms with Gasteiger partial charge in [0.05, 0.1) is 12.7 Å². The van der Waals surface area contributed by atoms with E-state index in [1.165, 1.54) is 0 Å². The van der Waals surface area contributed by atoms with Gasteiger partial charge in [0, 0.05) is 30.1 Å². The minimum Gasteiger partial charge on any atom is -0.492 e. The summed E-state index contributed by atoms with van der Waals surface area (Å²) in [5, 5.41) is 14.5. The van der Waals surface area contributed by atoms with Crippen molar-refractivity contribution in [1.82, 2.24) is 14.9 Å². The van der Waals surface area contributed by atoms with Crippen molar-refractivity contribution in [3.63, 3.8) is 0 Å². The van der Waals surface area contributed by atoms with E-state index in [2.05, 4.69) is 14.9 Å². The number of rotatable bonds is 1. The van der Waals surface area contributed by atoms with Gasteiger partial charge in [-0.05, 0) is 68.4 Å². The average molecular weight is 480 g/mol. The molecule has 2 aliphatic heterocycles. The summed E-state index contributed by atoms with van der Waals surface area (Å²) in [5.74, 6) is 0.320. The van der Waals surface area contributed by atoms with Gasteiger partial charge in [0.25, 0.3) is 0 Å². The summed E-state index contributed by atoms with van der Waals surface area (Å²) in [6.45, 7) is 3.28. The topological polar surface area (TPSA) is 90.9 Å². The van der Waals surface area contributed by atoms with Gasteiger partial charge >= 0.3 is 0 Å². The number of halogens is 1. The van der Waals surface area contributed by atoms with Gasteiger partial charge in [0.1, 0.15) is 10.6 Å². The highest BCUT2D eigenvalue weighted by Gasteiger charge is 2.36. The molecule has 0 aromatic heterocycles. The van der Waals surface area contributed by atoms with Crippen molar-refractivity contribution in [2.24, 2.45) is 5.41 Å². The summed E-state index contributed by atoms with van der Waals surface area (Å²) in [5.41, 5.74) is 1.65. The Morgan fingerprint density at radius 2 is 1.81 bits per heavy atom. The van der Waals surface area contributed by atoms with Crippen LogP contribution in [0.2, 0.25) is 5.02 Å². The Morgan fingerprint density at radius 3 is 2.53 bits per heavy atom. The van der Waals surface area contributed by atoms with Crippen molar-refractivity contribution in [2.75, 3.05) is 46.4 Å². The van der Waals surface area contributed by atoms with E-state index in [9.17, 15) is 13.5 Å². The third-order valence-corrected chi connectivity index (χ3v) is 7.96. The molecule has 2 aromatic rings. The number of aliphatic hydroxyl groups excluding tert-OH is 1. The highest BCUT2D eigenvalue weighted by molar-refractivity contribution is 7.89. The number of ether oxygens (including phenoxy) is 1. The standard InChI is InChI=1S/C23H30ClN3O4S/c1-27-14-20(28)13-26-32(29,30)22-7-4-18(17-2-5-19(24)6-3-17)12-21(22)31-16-23(15-27)8-10-25-11-9-23/h2-7,12,20,25-26,28H,8-11,13-16H2,1H3. The van der Waals surface area contributed by atoms with E-state index in [4.69, 9.17) is 16.3 Å². The van der Waals surface area contributed by atoms with Gasteiger partial charge < -0.3 is 20.1 Å². The number of aliphatic hydroxyl groups is 1. The van der Waals surface area contributed by atoms with Crippen LogP contribution in [0.15, 0.2) is 47.4 Å². The van der Waals surface area contributed by atoms with Crippen molar-refractivity contribution >= 4 is 21.6 Å². The van der Waals surface area contributed by atoms with Crippen LogP contribution in [0.5, 0.6) is 5.75 Å². The van der Waals surface area contributed by atoms with Crippen molar-refractivity contribution in [3.8, 4) is 16.9 Å². The molecule has 1 saturated heterocycles. The van der Waals surface area contributed by atoms with E-state index < -0.39 is 16.1 Å². The first-order valence-electron chi connectivity index (χ1n) is 10.9. The van der Waals surface area contributed by atoms with Crippen LogP contribution in [-0.2, 0) is 10.0 Å². The molecule has 0 bridgehead atoms. The quantitative estimate of drug-likeness (QED) is 0.581. The molecule has 2 aliphatic rings. The molecule has 174 valence electrons. The Morgan fingerprint density at radius 1 is 1.12 bits per heavy atom. The summed E-state index contributed by atoms with van der Waals surface area (Å²) in [6, 6.07) is 12.5. The third-order valence-electron chi connectivity index (χ3n) is 6.25. The first kappa shape index (κ1) is 23.5. The monoisotopic (exact) mass is 479 g/mol.